The number of fused-ring (bicyclic) bond motifs is 2. The lowest BCUT2D eigenvalue weighted by Gasteiger charge is -2.27. The fourth-order valence-electron chi connectivity index (χ4n) is 5.30. The molecular formula is C31H28N4O6. The van der Waals surface area contributed by atoms with Crippen LogP contribution in [-0.4, -0.2) is 57.3 Å². The number of imide groups is 2. The van der Waals surface area contributed by atoms with Crippen LogP contribution in [0.2, 0.25) is 0 Å². The molecule has 41 heavy (non-hydrogen) atoms. The Labute approximate surface area is 236 Å². The van der Waals surface area contributed by atoms with E-state index in [0.29, 0.717) is 11.3 Å². The summed E-state index contributed by atoms with van der Waals surface area (Å²) in [4.78, 5) is 80.0. The van der Waals surface area contributed by atoms with Crippen LogP contribution in [0.25, 0.3) is 0 Å². The number of carbonyl (C=O) groups is 6. The summed E-state index contributed by atoms with van der Waals surface area (Å²) in [6, 6.07) is 17.0. The molecule has 2 heterocycles. The molecule has 2 atom stereocenters. The van der Waals surface area contributed by atoms with Gasteiger partial charge in [0, 0.05) is 12.1 Å². The average Bonchev–Trinajstić information content (AvgIpc) is 3.35. The molecule has 0 aromatic heterocycles. The van der Waals surface area contributed by atoms with Gasteiger partial charge in [-0.2, -0.15) is 0 Å². The number of hydrogen-bond donors (Lipinski definition) is 2. The van der Waals surface area contributed by atoms with E-state index in [1.165, 1.54) is 12.1 Å². The lowest BCUT2D eigenvalue weighted by atomic mass is 10.0. The van der Waals surface area contributed by atoms with E-state index >= 15 is 0 Å². The molecule has 0 spiro atoms. The van der Waals surface area contributed by atoms with Crippen molar-refractivity contribution in [3.8, 4) is 0 Å². The molecule has 6 amide bonds. The summed E-state index contributed by atoms with van der Waals surface area (Å²) in [6.07, 6.45) is 0.179. The van der Waals surface area contributed by atoms with Crippen LogP contribution < -0.4 is 11.1 Å². The molecule has 0 bridgehead atoms. The fraction of sp³-hybridized carbons (Fsp3) is 0.226. The molecule has 3 aromatic carbocycles. The number of benzene rings is 3. The smallest absolute Gasteiger partial charge is 0.262 e. The van der Waals surface area contributed by atoms with Crippen LogP contribution in [0.4, 0.5) is 5.69 Å². The molecule has 0 saturated heterocycles. The summed E-state index contributed by atoms with van der Waals surface area (Å²) in [5, 5.41) is 2.79. The Morgan fingerprint density at radius 1 is 0.707 bits per heavy atom. The van der Waals surface area contributed by atoms with Crippen molar-refractivity contribution in [3.05, 3.63) is 101 Å². The van der Waals surface area contributed by atoms with Crippen molar-refractivity contribution in [2.24, 2.45) is 11.7 Å². The number of nitrogens with two attached hydrogens (primary N) is 1. The van der Waals surface area contributed by atoms with E-state index in [-0.39, 0.29) is 41.0 Å². The molecule has 10 heteroatoms. The molecule has 2 aliphatic heterocycles. The highest BCUT2D eigenvalue weighted by Crippen LogP contribution is 2.29. The number of anilines is 1. The number of hydrogen-bond acceptors (Lipinski definition) is 6. The van der Waals surface area contributed by atoms with Crippen LogP contribution in [0, 0.1) is 5.92 Å². The quantitative estimate of drug-likeness (QED) is 0.390. The zero-order valence-electron chi connectivity index (χ0n) is 22.5. The number of primary amides is 1. The van der Waals surface area contributed by atoms with Crippen molar-refractivity contribution in [2.75, 3.05) is 5.32 Å². The molecule has 0 radical (unpaired) electrons. The van der Waals surface area contributed by atoms with Gasteiger partial charge in [-0.1, -0.05) is 50.2 Å². The highest BCUT2D eigenvalue weighted by molar-refractivity contribution is 6.24. The normalized spacial score (nSPS) is 15.7. The summed E-state index contributed by atoms with van der Waals surface area (Å²) < 4.78 is 0. The highest BCUT2D eigenvalue weighted by Gasteiger charge is 2.43. The van der Waals surface area contributed by atoms with Crippen molar-refractivity contribution in [3.63, 3.8) is 0 Å². The van der Waals surface area contributed by atoms with E-state index in [2.05, 4.69) is 5.32 Å². The third-order valence-corrected chi connectivity index (χ3v) is 7.22. The van der Waals surface area contributed by atoms with E-state index in [1.54, 1.807) is 60.7 Å². The predicted octanol–water partition coefficient (Wildman–Crippen LogP) is 3.03. The first-order chi connectivity index (χ1) is 19.6. The van der Waals surface area contributed by atoms with E-state index in [9.17, 15) is 28.8 Å². The summed E-state index contributed by atoms with van der Waals surface area (Å²) >= 11 is 0. The third kappa shape index (κ3) is 5.00. The number of amides is 6. The molecule has 2 aliphatic rings. The zero-order valence-corrected chi connectivity index (χ0v) is 22.5. The van der Waals surface area contributed by atoms with Crippen molar-refractivity contribution < 1.29 is 28.8 Å². The Hall–Kier alpha value is -5.12. The average molecular weight is 553 g/mol. The minimum absolute atomic E-state index is 0.00243. The number of rotatable bonds is 9. The van der Waals surface area contributed by atoms with Gasteiger partial charge >= 0.3 is 0 Å². The van der Waals surface area contributed by atoms with Crippen LogP contribution in [0.15, 0.2) is 72.8 Å². The Balaban J connectivity index is 1.36. The first kappa shape index (κ1) is 27.4. The molecule has 3 N–H and O–H groups in total. The summed E-state index contributed by atoms with van der Waals surface area (Å²) in [6.45, 7) is 3.78. The molecular weight excluding hydrogens is 524 g/mol. The first-order valence-corrected chi connectivity index (χ1v) is 13.2. The molecule has 0 saturated carbocycles. The zero-order chi connectivity index (χ0) is 29.4. The van der Waals surface area contributed by atoms with Gasteiger partial charge in [0.2, 0.25) is 11.8 Å². The molecule has 0 aliphatic carbocycles. The topological polar surface area (TPSA) is 147 Å². The second kappa shape index (κ2) is 10.8. The van der Waals surface area contributed by atoms with Crippen molar-refractivity contribution >= 4 is 41.1 Å². The molecule has 2 unspecified atom stereocenters. The maximum atomic E-state index is 13.5. The number of carbonyl (C=O) groups excluding carboxylic acids is 6. The summed E-state index contributed by atoms with van der Waals surface area (Å²) in [7, 11) is 0. The molecule has 208 valence electrons. The lowest BCUT2D eigenvalue weighted by molar-refractivity contribution is -0.122. The summed E-state index contributed by atoms with van der Waals surface area (Å²) in [5.74, 6) is -3.64. The maximum Gasteiger partial charge on any atom is 0.262 e. The van der Waals surface area contributed by atoms with Gasteiger partial charge in [0.15, 0.2) is 0 Å². The van der Waals surface area contributed by atoms with Crippen molar-refractivity contribution in [2.45, 2.75) is 38.8 Å². The summed E-state index contributed by atoms with van der Waals surface area (Å²) in [5.41, 5.74) is 7.44. The maximum absolute atomic E-state index is 13.5. The third-order valence-electron chi connectivity index (χ3n) is 7.22. The van der Waals surface area contributed by atoms with Crippen molar-refractivity contribution in [1.29, 1.82) is 0 Å². The fourth-order valence-corrected chi connectivity index (χ4v) is 5.30. The first-order valence-electron chi connectivity index (χ1n) is 13.2. The van der Waals surface area contributed by atoms with Crippen LogP contribution >= 0.6 is 0 Å². The van der Waals surface area contributed by atoms with Gasteiger partial charge in [-0.15, -0.1) is 0 Å². The number of nitrogens with zero attached hydrogens (tertiary/aromatic N) is 2. The second-order valence-corrected chi connectivity index (χ2v) is 10.5. The van der Waals surface area contributed by atoms with Gasteiger partial charge in [-0.25, -0.2) is 0 Å². The van der Waals surface area contributed by atoms with Gasteiger partial charge in [0.25, 0.3) is 23.6 Å². The van der Waals surface area contributed by atoms with E-state index in [4.69, 9.17) is 5.73 Å². The Morgan fingerprint density at radius 2 is 1.17 bits per heavy atom. The molecule has 3 aromatic rings. The van der Waals surface area contributed by atoms with Gasteiger partial charge < -0.3 is 11.1 Å². The predicted molar refractivity (Wildman–Crippen MR) is 149 cm³/mol. The Kier molecular flexibility index (Phi) is 7.23. The second-order valence-electron chi connectivity index (χ2n) is 10.5. The van der Waals surface area contributed by atoms with Gasteiger partial charge in [0.1, 0.15) is 12.1 Å². The SMILES string of the molecule is CC(C)CC(C(=O)Nc1cccc(CC(C(N)=O)N2C(=O)c3ccccc3C2=O)c1)N1C(=O)c2ccccc2C1=O. The van der Waals surface area contributed by atoms with E-state index in [1.807, 2.05) is 13.8 Å². The minimum Gasteiger partial charge on any atom is -0.368 e. The highest BCUT2D eigenvalue weighted by atomic mass is 16.2. The standard InChI is InChI=1S/C31H28N4O6/c1-17(2)14-25(35-30(40)22-12-5-6-13-23(22)31(35)41)27(37)33-19-9-7-8-18(15-19)16-24(26(32)36)34-28(38)20-10-3-4-11-21(20)29(34)39/h3-13,15,17,24-25H,14,16H2,1-2H3,(H2,32,36)(H,33,37). The molecule has 0 fully saturated rings. The Morgan fingerprint density at radius 3 is 1.61 bits per heavy atom. The van der Waals surface area contributed by atoms with Crippen LogP contribution in [0.3, 0.4) is 0 Å². The molecule has 10 nitrogen and oxygen atoms in total. The Bertz CT molecular complexity index is 1540. The van der Waals surface area contributed by atoms with Crippen LogP contribution in [0.5, 0.6) is 0 Å². The van der Waals surface area contributed by atoms with Gasteiger partial charge in [-0.05, 0) is 54.3 Å². The molecule has 5 rings (SSSR count). The van der Waals surface area contributed by atoms with E-state index < -0.39 is 47.5 Å². The van der Waals surface area contributed by atoms with Crippen LogP contribution in [0.1, 0.15) is 67.3 Å². The monoisotopic (exact) mass is 552 g/mol. The van der Waals surface area contributed by atoms with Gasteiger partial charge in [-0.3, -0.25) is 38.6 Å². The van der Waals surface area contributed by atoms with Crippen LogP contribution in [-0.2, 0) is 16.0 Å². The van der Waals surface area contributed by atoms with E-state index in [0.717, 1.165) is 9.80 Å². The largest absolute Gasteiger partial charge is 0.368 e. The lowest BCUT2D eigenvalue weighted by Crippen LogP contribution is -2.49. The number of nitrogens with one attached hydrogen (secondary N) is 1. The van der Waals surface area contributed by atoms with Crippen molar-refractivity contribution in [1.82, 2.24) is 9.80 Å². The van der Waals surface area contributed by atoms with Gasteiger partial charge in [0.05, 0.1) is 22.3 Å². The minimum atomic E-state index is -1.25.